The lowest BCUT2D eigenvalue weighted by Gasteiger charge is -2.43. The summed E-state index contributed by atoms with van der Waals surface area (Å²) in [6.07, 6.45) is 4.20. The third-order valence-corrected chi connectivity index (χ3v) is 5.82. The van der Waals surface area contributed by atoms with E-state index in [4.69, 9.17) is 9.47 Å². The van der Waals surface area contributed by atoms with Gasteiger partial charge in [-0.1, -0.05) is 12.1 Å². The lowest BCUT2D eigenvalue weighted by Crippen LogP contribution is -2.52. The number of hydrogen-bond donors (Lipinski definition) is 1. The highest BCUT2D eigenvalue weighted by Gasteiger charge is 2.30. The average molecular weight is 418 g/mol. The van der Waals surface area contributed by atoms with Crippen molar-refractivity contribution < 1.29 is 14.3 Å². The second-order valence-corrected chi connectivity index (χ2v) is 9.81. The van der Waals surface area contributed by atoms with Crippen LogP contribution in [-0.2, 0) is 4.74 Å². The van der Waals surface area contributed by atoms with Gasteiger partial charge in [0, 0.05) is 38.3 Å². The molecule has 1 aromatic carbocycles. The maximum absolute atomic E-state index is 12.0. The molecule has 1 saturated heterocycles. The summed E-state index contributed by atoms with van der Waals surface area (Å²) in [4.78, 5) is 17.1. The van der Waals surface area contributed by atoms with E-state index < -0.39 is 5.60 Å². The molecule has 1 aliphatic heterocycles. The van der Waals surface area contributed by atoms with E-state index >= 15 is 0 Å². The standard InChI is InChI=1S/C24H39N3O3/c1-18(2)29-22-9-7-6-8-21(22)27-16-14-26(15-17-27)20-12-10-19(11-13-20)25-23(28)30-24(3,4)5/h6-9,18-20H,10-17H2,1-5H3,(H,25,28). The summed E-state index contributed by atoms with van der Waals surface area (Å²) in [7, 11) is 0. The molecule has 1 N–H and O–H groups in total. The molecule has 1 heterocycles. The number of amides is 1. The summed E-state index contributed by atoms with van der Waals surface area (Å²) >= 11 is 0. The van der Waals surface area contributed by atoms with Gasteiger partial charge in [-0.3, -0.25) is 4.90 Å². The molecule has 0 bridgehead atoms. The van der Waals surface area contributed by atoms with Crippen LogP contribution in [0.15, 0.2) is 24.3 Å². The van der Waals surface area contributed by atoms with Crippen LogP contribution in [0.1, 0.15) is 60.3 Å². The Labute approximate surface area is 181 Å². The SMILES string of the molecule is CC(C)Oc1ccccc1N1CCN(C2CCC(NC(=O)OC(C)(C)C)CC2)CC1. The van der Waals surface area contributed by atoms with E-state index in [1.54, 1.807) is 0 Å². The lowest BCUT2D eigenvalue weighted by molar-refractivity contribution is 0.0475. The molecule has 0 aromatic heterocycles. The lowest BCUT2D eigenvalue weighted by atomic mass is 9.90. The summed E-state index contributed by atoms with van der Waals surface area (Å²) in [6.45, 7) is 14.0. The molecule has 1 aliphatic carbocycles. The number of ether oxygens (including phenoxy) is 2. The summed E-state index contributed by atoms with van der Waals surface area (Å²) < 4.78 is 11.4. The van der Waals surface area contributed by atoms with Gasteiger partial charge >= 0.3 is 6.09 Å². The molecule has 30 heavy (non-hydrogen) atoms. The molecule has 1 amide bonds. The molecule has 6 heteroatoms. The van der Waals surface area contributed by atoms with E-state index in [2.05, 4.69) is 47.2 Å². The second kappa shape index (κ2) is 9.90. The van der Waals surface area contributed by atoms with Crippen LogP contribution >= 0.6 is 0 Å². The minimum atomic E-state index is -0.445. The Kier molecular flexibility index (Phi) is 7.50. The molecule has 0 spiro atoms. The summed E-state index contributed by atoms with van der Waals surface area (Å²) in [5, 5.41) is 3.05. The zero-order chi connectivity index (χ0) is 21.7. The quantitative estimate of drug-likeness (QED) is 0.768. The van der Waals surface area contributed by atoms with Crippen molar-refractivity contribution in [3.05, 3.63) is 24.3 Å². The van der Waals surface area contributed by atoms with Crippen molar-refractivity contribution in [3.8, 4) is 5.75 Å². The number of anilines is 1. The fraction of sp³-hybridized carbons (Fsp3) is 0.708. The molecule has 3 rings (SSSR count). The number of nitrogens with zero attached hydrogens (tertiary/aromatic N) is 2. The average Bonchev–Trinajstić information content (AvgIpc) is 2.67. The Hall–Kier alpha value is -1.95. The van der Waals surface area contributed by atoms with Crippen molar-refractivity contribution in [2.24, 2.45) is 0 Å². The summed E-state index contributed by atoms with van der Waals surface area (Å²) in [5.41, 5.74) is 0.760. The van der Waals surface area contributed by atoms with E-state index in [1.165, 1.54) is 5.69 Å². The van der Waals surface area contributed by atoms with Crippen LogP contribution in [0, 0.1) is 0 Å². The molecule has 2 aliphatic rings. The number of carbonyl (C=O) groups is 1. The number of carbonyl (C=O) groups excluding carboxylic acids is 1. The summed E-state index contributed by atoms with van der Waals surface area (Å²) in [5.74, 6) is 0.981. The maximum Gasteiger partial charge on any atom is 0.407 e. The van der Waals surface area contributed by atoms with Crippen molar-refractivity contribution in [1.29, 1.82) is 0 Å². The Morgan fingerprint density at radius 3 is 2.27 bits per heavy atom. The number of nitrogens with one attached hydrogen (secondary N) is 1. The van der Waals surface area contributed by atoms with Gasteiger partial charge in [0.2, 0.25) is 0 Å². The maximum atomic E-state index is 12.0. The van der Waals surface area contributed by atoms with Crippen LogP contribution < -0.4 is 15.0 Å². The number of hydrogen-bond acceptors (Lipinski definition) is 5. The number of para-hydroxylation sites is 2. The molecule has 6 nitrogen and oxygen atoms in total. The van der Waals surface area contributed by atoms with E-state index in [9.17, 15) is 4.79 Å². The van der Waals surface area contributed by atoms with Crippen molar-refractivity contribution in [3.63, 3.8) is 0 Å². The Morgan fingerprint density at radius 1 is 1.03 bits per heavy atom. The topological polar surface area (TPSA) is 54.0 Å². The molecular weight excluding hydrogens is 378 g/mol. The van der Waals surface area contributed by atoms with Gasteiger partial charge in [0.05, 0.1) is 11.8 Å². The molecular formula is C24H39N3O3. The minimum Gasteiger partial charge on any atom is -0.489 e. The van der Waals surface area contributed by atoms with Crippen LogP contribution in [0.4, 0.5) is 10.5 Å². The first-order valence-electron chi connectivity index (χ1n) is 11.5. The summed E-state index contributed by atoms with van der Waals surface area (Å²) in [6, 6.07) is 9.22. The fourth-order valence-corrected chi connectivity index (χ4v) is 4.46. The van der Waals surface area contributed by atoms with Gasteiger partial charge in [0.25, 0.3) is 0 Å². The van der Waals surface area contributed by atoms with Crippen molar-refractivity contribution >= 4 is 11.8 Å². The second-order valence-electron chi connectivity index (χ2n) is 9.81. The smallest absolute Gasteiger partial charge is 0.407 e. The van der Waals surface area contributed by atoms with Crippen LogP contribution in [0.2, 0.25) is 0 Å². The van der Waals surface area contributed by atoms with Crippen LogP contribution in [0.3, 0.4) is 0 Å². The number of piperazine rings is 1. The third kappa shape index (κ3) is 6.53. The molecule has 1 aromatic rings. The normalized spacial score (nSPS) is 23.3. The first-order chi connectivity index (χ1) is 14.2. The van der Waals surface area contributed by atoms with E-state index in [0.29, 0.717) is 6.04 Å². The molecule has 0 atom stereocenters. The van der Waals surface area contributed by atoms with Gasteiger partial charge in [-0.2, -0.15) is 0 Å². The fourth-order valence-electron chi connectivity index (χ4n) is 4.46. The molecule has 2 fully saturated rings. The first kappa shape index (κ1) is 22.7. The van der Waals surface area contributed by atoms with E-state index in [0.717, 1.165) is 57.6 Å². The predicted molar refractivity (Wildman–Crippen MR) is 121 cm³/mol. The Balaban J connectivity index is 1.45. The first-order valence-corrected chi connectivity index (χ1v) is 11.5. The van der Waals surface area contributed by atoms with Gasteiger partial charge in [-0.05, 0) is 72.4 Å². The highest BCUT2D eigenvalue weighted by atomic mass is 16.6. The number of benzene rings is 1. The van der Waals surface area contributed by atoms with Crippen LogP contribution in [0.5, 0.6) is 5.75 Å². The Bertz CT molecular complexity index is 685. The van der Waals surface area contributed by atoms with E-state index in [1.807, 2.05) is 26.8 Å². The van der Waals surface area contributed by atoms with Gasteiger partial charge in [0.1, 0.15) is 11.4 Å². The highest BCUT2D eigenvalue weighted by molar-refractivity contribution is 5.68. The van der Waals surface area contributed by atoms with Gasteiger partial charge in [-0.25, -0.2) is 4.79 Å². The zero-order valence-corrected chi connectivity index (χ0v) is 19.3. The molecule has 1 saturated carbocycles. The van der Waals surface area contributed by atoms with Crippen LogP contribution in [0.25, 0.3) is 0 Å². The largest absolute Gasteiger partial charge is 0.489 e. The highest BCUT2D eigenvalue weighted by Crippen LogP contribution is 2.31. The van der Waals surface area contributed by atoms with Crippen molar-refractivity contribution in [2.45, 2.75) is 84.1 Å². The number of rotatable bonds is 5. The van der Waals surface area contributed by atoms with Gasteiger partial charge in [0.15, 0.2) is 0 Å². The van der Waals surface area contributed by atoms with Crippen molar-refractivity contribution in [2.75, 3.05) is 31.1 Å². The third-order valence-electron chi connectivity index (χ3n) is 5.82. The minimum absolute atomic E-state index is 0.178. The van der Waals surface area contributed by atoms with Crippen LogP contribution in [-0.4, -0.2) is 61.0 Å². The number of alkyl carbamates (subject to hydrolysis) is 1. The Morgan fingerprint density at radius 2 is 1.67 bits per heavy atom. The van der Waals surface area contributed by atoms with E-state index in [-0.39, 0.29) is 18.2 Å². The molecule has 168 valence electrons. The van der Waals surface area contributed by atoms with Gasteiger partial charge < -0.3 is 19.7 Å². The molecule has 0 radical (unpaired) electrons. The molecule has 0 unspecified atom stereocenters. The zero-order valence-electron chi connectivity index (χ0n) is 19.3. The monoisotopic (exact) mass is 417 g/mol. The van der Waals surface area contributed by atoms with Gasteiger partial charge in [-0.15, -0.1) is 0 Å². The predicted octanol–water partition coefficient (Wildman–Crippen LogP) is 4.43. The van der Waals surface area contributed by atoms with Crippen molar-refractivity contribution in [1.82, 2.24) is 10.2 Å².